The first kappa shape index (κ1) is 21.7. The molecule has 0 saturated heterocycles. The van der Waals surface area contributed by atoms with E-state index in [1.807, 2.05) is 12.1 Å². The number of ether oxygens (including phenoxy) is 1. The molecular formula is C24H22N2O5. The lowest BCUT2D eigenvalue weighted by molar-refractivity contribution is -0.139. The number of nitrogens with two attached hydrogens (primary N) is 1. The Hall–Kier alpha value is -3.97. The van der Waals surface area contributed by atoms with E-state index < -0.39 is 24.3 Å². The fraction of sp³-hybridized carbons (Fsp3) is 0.125. The Balaban J connectivity index is 1.59. The van der Waals surface area contributed by atoms with Gasteiger partial charge in [-0.15, -0.1) is 0 Å². The predicted molar refractivity (Wildman–Crippen MR) is 114 cm³/mol. The van der Waals surface area contributed by atoms with Crippen molar-refractivity contribution in [1.29, 1.82) is 0 Å². The van der Waals surface area contributed by atoms with Gasteiger partial charge in [0.1, 0.15) is 6.04 Å². The number of alkyl carbamates (subject to hydrolysis) is 1. The van der Waals surface area contributed by atoms with Gasteiger partial charge in [0.25, 0.3) is 0 Å². The number of carbonyl (C=O) groups is 3. The highest BCUT2D eigenvalue weighted by molar-refractivity contribution is 6.08. The summed E-state index contributed by atoms with van der Waals surface area (Å²) in [5.41, 5.74) is 8.19. The third-order valence-corrected chi connectivity index (χ3v) is 4.64. The second kappa shape index (κ2) is 10.2. The molecule has 0 fully saturated rings. The minimum atomic E-state index is -1.18. The van der Waals surface area contributed by atoms with Crippen LogP contribution in [0.4, 0.5) is 4.79 Å². The molecule has 158 valence electrons. The Labute approximate surface area is 179 Å². The maximum atomic E-state index is 12.5. The van der Waals surface area contributed by atoms with Crippen LogP contribution < -0.4 is 11.1 Å². The number of hydrogen-bond donors (Lipinski definition) is 3. The van der Waals surface area contributed by atoms with E-state index in [9.17, 15) is 19.5 Å². The van der Waals surface area contributed by atoms with Crippen LogP contribution in [0.15, 0.2) is 84.9 Å². The standard InChI is InChI=1S/C24H22N2O5/c25-22(19-13-11-18(12-14-19)21(27)17-9-5-2-6-10-17)31-24(30)26-20(23(28)29)15-16-7-3-1-4-8-16/h1-14,20,22H,15,25H2,(H,26,30)(H,28,29). The van der Waals surface area contributed by atoms with E-state index in [1.165, 1.54) is 0 Å². The summed E-state index contributed by atoms with van der Waals surface area (Å²) in [6, 6.07) is 23.0. The van der Waals surface area contributed by atoms with Crippen LogP contribution >= 0.6 is 0 Å². The summed E-state index contributed by atoms with van der Waals surface area (Å²) in [6.07, 6.45) is -1.95. The number of nitrogens with one attached hydrogen (secondary N) is 1. The van der Waals surface area contributed by atoms with Crippen molar-refractivity contribution in [2.45, 2.75) is 18.7 Å². The van der Waals surface area contributed by atoms with E-state index in [2.05, 4.69) is 5.32 Å². The Morgan fingerprint density at radius 2 is 1.39 bits per heavy atom. The average molecular weight is 418 g/mol. The smallest absolute Gasteiger partial charge is 0.409 e. The van der Waals surface area contributed by atoms with E-state index in [0.717, 1.165) is 5.56 Å². The van der Waals surface area contributed by atoms with Gasteiger partial charge >= 0.3 is 12.1 Å². The average Bonchev–Trinajstić information content (AvgIpc) is 2.79. The maximum absolute atomic E-state index is 12.5. The van der Waals surface area contributed by atoms with Crippen molar-refractivity contribution in [1.82, 2.24) is 5.32 Å². The second-order valence-electron chi connectivity index (χ2n) is 6.87. The Morgan fingerprint density at radius 1 is 0.839 bits per heavy atom. The van der Waals surface area contributed by atoms with Crippen LogP contribution in [0.25, 0.3) is 0 Å². The molecule has 2 atom stereocenters. The lowest BCUT2D eigenvalue weighted by Gasteiger charge is -2.18. The van der Waals surface area contributed by atoms with Gasteiger partial charge in [0.2, 0.25) is 0 Å². The highest BCUT2D eigenvalue weighted by atomic mass is 16.6. The first-order valence-electron chi connectivity index (χ1n) is 9.63. The zero-order valence-corrected chi connectivity index (χ0v) is 16.6. The molecule has 0 aliphatic carbocycles. The fourth-order valence-corrected chi connectivity index (χ4v) is 2.99. The predicted octanol–water partition coefficient (Wildman–Crippen LogP) is 3.30. The normalized spacial score (nSPS) is 12.4. The van der Waals surface area contributed by atoms with Crippen LogP contribution in [-0.2, 0) is 16.0 Å². The lowest BCUT2D eigenvalue weighted by Crippen LogP contribution is -2.43. The molecule has 7 nitrogen and oxygen atoms in total. The molecule has 2 unspecified atom stereocenters. The van der Waals surface area contributed by atoms with Crippen molar-refractivity contribution in [3.63, 3.8) is 0 Å². The SMILES string of the molecule is NC(OC(=O)NC(Cc1ccccc1)C(=O)O)c1ccc(C(=O)c2ccccc2)cc1. The molecule has 31 heavy (non-hydrogen) atoms. The first-order chi connectivity index (χ1) is 14.9. The van der Waals surface area contributed by atoms with Crippen LogP contribution in [0.3, 0.4) is 0 Å². The van der Waals surface area contributed by atoms with Gasteiger partial charge in [-0.05, 0) is 5.56 Å². The molecule has 0 bridgehead atoms. The number of benzene rings is 3. The fourth-order valence-electron chi connectivity index (χ4n) is 2.99. The third-order valence-electron chi connectivity index (χ3n) is 4.64. The zero-order valence-electron chi connectivity index (χ0n) is 16.6. The van der Waals surface area contributed by atoms with Gasteiger partial charge in [0, 0.05) is 23.1 Å². The monoisotopic (exact) mass is 418 g/mol. The summed E-state index contributed by atoms with van der Waals surface area (Å²) >= 11 is 0. The molecule has 0 saturated carbocycles. The molecular weight excluding hydrogens is 396 g/mol. The van der Waals surface area contributed by atoms with Gasteiger partial charge < -0.3 is 15.2 Å². The molecule has 0 heterocycles. The number of ketones is 1. The van der Waals surface area contributed by atoms with Gasteiger partial charge in [-0.2, -0.15) is 0 Å². The van der Waals surface area contributed by atoms with Gasteiger partial charge in [0.05, 0.1) is 0 Å². The number of carboxylic acid groups (broad SMARTS) is 1. The highest BCUT2D eigenvalue weighted by Crippen LogP contribution is 2.16. The minimum absolute atomic E-state index is 0.108. The molecule has 0 spiro atoms. The van der Waals surface area contributed by atoms with Crippen molar-refractivity contribution in [2.24, 2.45) is 5.73 Å². The van der Waals surface area contributed by atoms with Crippen LogP contribution in [0.1, 0.15) is 33.3 Å². The topological polar surface area (TPSA) is 119 Å². The van der Waals surface area contributed by atoms with Crippen molar-refractivity contribution in [2.75, 3.05) is 0 Å². The molecule has 7 heteroatoms. The van der Waals surface area contributed by atoms with Crippen LogP contribution in [0, 0.1) is 0 Å². The summed E-state index contributed by atoms with van der Waals surface area (Å²) in [5.74, 6) is -1.32. The van der Waals surface area contributed by atoms with Gasteiger partial charge in [-0.25, -0.2) is 9.59 Å². The van der Waals surface area contributed by atoms with E-state index in [-0.39, 0.29) is 12.2 Å². The van der Waals surface area contributed by atoms with Crippen LogP contribution in [-0.4, -0.2) is 29.0 Å². The molecule has 0 aromatic heterocycles. The quantitative estimate of drug-likeness (QED) is 0.382. The van der Waals surface area contributed by atoms with Gasteiger partial charge in [0.15, 0.2) is 12.0 Å². The molecule has 3 aromatic carbocycles. The summed E-state index contributed by atoms with van der Waals surface area (Å²) in [5, 5.41) is 11.7. The number of aliphatic carboxylic acids is 1. The molecule has 3 aromatic rings. The molecule has 4 N–H and O–H groups in total. The number of amides is 1. The lowest BCUT2D eigenvalue weighted by atomic mass is 10.0. The van der Waals surface area contributed by atoms with Gasteiger partial charge in [-0.1, -0.05) is 84.9 Å². The zero-order chi connectivity index (χ0) is 22.2. The summed E-state index contributed by atoms with van der Waals surface area (Å²) in [6.45, 7) is 0. The van der Waals surface area contributed by atoms with Gasteiger partial charge in [-0.3, -0.25) is 10.5 Å². The number of hydrogen-bond acceptors (Lipinski definition) is 5. The highest BCUT2D eigenvalue weighted by Gasteiger charge is 2.23. The largest absolute Gasteiger partial charge is 0.480 e. The van der Waals surface area contributed by atoms with Crippen molar-refractivity contribution < 1.29 is 24.2 Å². The van der Waals surface area contributed by atoms with E-state index in [4.69, 9.17) is 10.5 Å². The summed E-state index contributed by atoms with van der Waals surface area (Å²) in [4.78, 5) is 36.1. The van der Waals surface area contributed by atoms with Crippen molar-refractivity contribution >= 4 is 17.8 Å². The van der Waals surface area contributed by atoms with E-state index in [1.54, 1.807) is 72.8 Å². The van der Waals surface area contributed by atoms with Crippen molar-refractivity contribution in [3.05, 3.63) is 107 Å². The Morgan fingerprint density at radius 3 is 1.97 bits per heavy atom. The Bertz CT molecular complexity index is 1040. The number of rotatable bonds is 8. The number of carbonyl (C=O) groups excluding carboxylic acids is 2. The van der Waals surface area contributed by atoms with Crippen LogP contribution in [0.2, 0.25) is 0 Å². The van der Waals surface area contributed by atoms with E-state index >= 15 is 0 Å². The van der Waals surface area contributed by atoms with Crippen molar-refractivity contribution in [3.8, 4) is 0 Å². The minimum Gasteiger partial charge on any atom is -0.480 e. The van der Waals surface area contributed by atoms with Crippen LogP contribution in [0.5, 0.6) is 0 Å². The number of carboxylic acids is 1. The maximum Gasteiger partial charge on any atom is 0.409 e. The first-order valence-corrected chi connectivity index (χ1v) is 9.63. The van der Waals surface area contributed by atoms with E-state index in [0.29, 0.717) is 16.7 Å². The molecule has 0 aliphatic rings. The third kappa shape index (κ3) is 6.01. The molecule has 0 radical (unpaired) electrons. The summed E-state index contributed by atoms with van der Waals surface area (Å²) in [7, 11) is 0. The summed E-state index contributed by atoms with van der Waals surface area (Å²) < 4.78 is 5.12. The molecule has 3 rings (SSSR count). The molecule has 1 amide bonds. The Kier molecular flexibility index (Phi) is 7.13. The second-order valence-corrected chi connectivity index (χ2v) is 6.87. The molecule has 0 aliphatic heterocycles.